The number of hydrogen-bond donors (Lipinski definition) is 1. The Labute approximate surface area is 174 Å². The molecule has 1 heterocycles. The minimum Gasteiger partial charge on any atom is -0.466 e. The summed E-state index contributed by atoms with van der Waals surface area (Å²) in [4.78, 5) is 48.9. The molecule has 1 N–H and O–H groups in total. The van der Waals surface area contributed by atoms with E-state index in [4.69, 9.17) is 51.1 Å². The molecule has 0 atom stereocenters. The molecule has 0 fully saturated rings. The number of carbonyl (C=O) groups excluding carboxylic acids is 4. The van der Waals surface area contributed by atoms with E-state index in [1.165, 1.54) is 0 Å². The molecule has 0 radical (unpaired) electrons. The molecule has 0 unspecified atom stereocenters. The van der Waals surface area contributed by atoms with Crippen LogP contribution in [0.25, 0.3) is 0 Å². The van der Waals surface area contributed by atoms with Gasteiger partial charge in [-0.3, -0.25) is 24.1 Å². The number of hydrogen-bond acceptors (Lipinski definition) is 5. The topological polar surface area (TPSA) is 92.8 Å². The van der Waals surface area contributed by atoms with Gasteiger partial charge in [-0.15, -0.1) is 0 Å². The van der Waals surface area contributed by atoms with Gasteiger partial charge in [-0.25, -0.2) is 0 Å². The number of amides is 3. The van der Waals surface area contributed by atoms with Gasteiger partial charge in [0.2, 0.25) is 5.91 Å². The second kappa shape index (κ2) is 9.10. The van der Waals surface area contributed by atoms with Crippen molar-refractivity contribution in [3.8, 4) is 0 Å². The van der Waals surface area contributed by atoms with E-state index in [2.05, 4.69) is 5.32 Å². The van der Waals surface area contributed by atoms with E-state index in [1.54, 1.807) is 6.92 Å². The molecule has 1 aliphatic rings. The van der Waals surface area contributed by atoms with Crippen LogP contribution in [0.2, 0.25) is 20.1 Å². The number of nitrogens with one attached hydrogen (secondary N) is 1. The molecule has 0 saturated carbocycles. The summed E-state index contributed by atoms with van der Waals surface area (Å²) >= 11 is 23.9. The van der Waals surface area contributed by atoms with Gasteiger partial charge in [0.05, 0.1) is 37.8 Å². The molecule has 0 bridgehead atoms. The van der Waals surface area contributed by atoms with Gasteiger partial charge in [-0.05, 0) is 13.3 Å². The molecule has 27 heavy (non-hydrogen) atoms. The van der Waals surface area contributed by atoms with Crippen LogP contribution in [0, 0.1) is 0 Å². The highest BCUT2D eigenvalue weighted by Crippen LogP contribution is 2.44. The number of imide groups is 1. The van der Waals surface area contributed by atoms with E-state index in [1.807, 2.05) is 0 Å². The van der Waals surface area contributed by atoms with E-state index in [-0.39, 0.29) is 56.8 Å². The molecule has 11 heteroatoms. The molecule has 1 aromatic rings. The number of carbonyl (C=O) groups is 4. The fraction of sp³-hybridized carbons (Fsp3) is 0.375. The Kier molecular flexibility index (Phi) is 7.33. The zero-order chi connectivity index (χ0) is 20.3. The lowest BCUT2D eigenvalue weighted by molar-refractivity contribution is -0.143. The summed E-state index contributed by atoms with van der Waals surface area (Å²) in [5.74, 6) is -2.53. The van der Waals surface area contributed by atoms with Crippen molar-refractivity contribution in [1.82, 2.24) is 10.2 Å². The van der Waals surface area contributed by atoms with Crippen LogP contribution in [0.1, 0.15) is 40.5 Å². The Hall–Kier alpha value is -1.54. The zero-order valence-electron chi connectivity index (χ0n) is 14.0. The summed E-state index contributed by atoms with van der Waals surface area (Å²) in [5, 5.41) is 1.83. The molecule has 2 rings (SSSR count). The predicted octanol–water partition coefficient (Wildman–Crippen LogP) is 3.36. The molecule has 3 amide bonds. The van der Waals surface area contributed by atoms with E-state index in [9.17, 15) is 19.2 Å². The first-order chi connectivity index (χ1) is 12.7. The maximum atomic E-state index is 12.5. The third-order valence-corrected chi connectivity index (χ3v) is 5.47. The van der Waals surface area contributed by atoms with Crippen LogP contribution in [0.4, 0.5) is 0 Å². The SMILES string of the molecule is CCOC(=O)CCCNC(=O)CN1C(=O)c2c(Cl)c(Cl)c(Cl)c(Cl)c2C1=O. The van der Waals surface area contributed by atoms with Crippen molar-refractivity contribution >= 4 is 70.1 Å². The quantitative estimate of drug-likeness (QED) is 0.224. The van der Waals surface area contributed by atoms with Gasteiger partial charge in [0.1, 0.15) is 6.54 Å². The monoisotopic (exact) mass is 454 g/mol. The summed E-state index contributed by atoms with van der Waals surface area (Å²) in [6, 6.07) is 0. The molecular formula is C16H14Cl4N2O5. The zero-order valence-corrected chi connectivity index (χ0v) is 17.1. The second-order valence-corrected chi connectivity index (χ2v) is 6.97. The van der Waals surface area contributed by atoms with E-state index < -0.39 is 24.3 Å². The first-order valence-electron chi connectivity index (χ1n) is 7.85. The van der Waals surface area contributed by atoms with Gasteiger partial charge in [0.25, 0.3) is 11.8 Å². The Morgan fingerprint density at radius 3 is 1.96 bits per heavy atom. The van der Waals surface area contributed by atoms with E-state index >= 15 is 0 Å². The number of ether oxygens (including phenoxy) is 1. The van der Waals surface area contributed by atoms with Gasteiger partial charge >= 0.3 is 5.97 Å². The lowest BCUT2D eigenvalue weighted by atomic mass is 10.1. The van der Waals surface area contributed by atoms with Crippen LogP contribution in [0.5, 0.6) is 0 Å². The summed E-state index contributed by atoms with van der Waals surface area (Å²) in [5.41, 5.74) is -0.368. The van der Waals surface area contributed by atoms with Crippen LogP contribution in [-0.2, 0) is 14.3 Å². The fourth-order valence-corrected chi connectivity index (χ4v) is 3.45. The molecule has 1 aromatic carbocycles. The number of fused-ring (bicyclic) bond motifs is 1. The summed E-state index contributed by atoms with van der Waals surface area (Å²) in [6.07, 6.45) is 0.499. The maximum Gasteiger partial charge on any atom is 0.305 e. The van der Waals surface area contributed by atoms with Gasteiger partial charge in [0, 0.05) is 13.0 Å². The predicted molar refractivity (Wildman–Crippen MR) is 101 cm³/mol. The largest absolute Gasteiger partial charge is 0.466 e. The lowest BCUT2D eigenvalue weighted by Crippen LogP contribution is -2.40. The molecule has 0 spiro atoms. The highest BCUT2D eigenvalue weighted by atomic mass is 35.5. The van der Waals surface area contributed by atoms with Crippen LogP contribution >= 0.6 is 46.4 Å². The number of rotatable bonds is 7. The maximum absolute atomic E-state index is 12.5. The van der Waals surface area contributed by atoms with Crippen LogP contribution < -0.4 is 5.32 Å². The molecular weight excluding hydrogens is 442 g/mol. The smallest absolute Gasteiger partial charge is 0.305 e. The second-order valence-electron chi connectivity index (χ2n) is 5.46. The van der Waals surface area contributed by atoms with Crippen LogP contribution in [0.3, 0.4) is 0 Å². The van der Waals surface area contributed by atoms with Gasteiger partial charge < -0.3 is 10.1 Å². The first-order valence-corrected chi connectivity index (χ1v) is 9.36. The van der Waals surface area contributed by atoms with Gasteiger partial charge in [0.15, 0.2) is 0 Å². The summed E-state index contributed by atoms with van der Waals surface area (Å²) in [6.45, 7) is 1.62. The Morgan fingerprint density at radius 1 is 0.963 bits per heavy atom. The molecule has 0 aromatic heterocycles. The molecule has 146 valence electrons. The fourth-order valence-electron chi connectivity index (χ4n) is 2.43. The molecule has 1 aliphatic heterocycles. The lowest BCUT2D eigenvalue weighted by Gasteiger charge is -2.13. The Bertz CT molecular complexity index is 781. The highest BCUT2D eigenvalue weighted by Gasteiger charge is 2.42. The van der Waals surface area contributed by atoms with E-state index in [0.29, 0.717) is 11.3 Å². The number of benzene rings is 1. The first kappa shape index (κ1) is 21.8. The van der Waals surface area contributed by atoms with Crippen LogP contribution in [-0.4, -0.2) is 48.3 Å². The molecule has 0 saturated heterocycles. The number of esters is 1. The molecule has 7 nitrogen and oxygen atoms in total. The average Bonchev–Trinajstić information content (AvgIpc) is 2.87. The highest BCUT2D eigenvalue weighted by molar-refractivity contribution is 6.55. The van der Waals surface area contributed by atoms with Crippen molar-refractivity contribution < 1.29 is 23.9 Å². The molecule has 0 aliphatic carbocycles. The average molecular weight is 456 g/mol. The minimum atomic E-state index is -0.790. The Balaban J connectivity index is 2.02. The summed E-state index contributed by atoms with van der Waals surface area (Å²) < 4.78 is 4.77. The summed E-state index contributed by atoms with van der Waals surface area (Å²) in [7, 11) is 0. The van der Waals surface area contributed by atoms with Crippen LogP contribution in [0.15, 0.2) is 0 Å². The van der Waals surface area contributed by atoms with Crippen molar-refractivity contribution in [2.24, 2.45) is 0 Å². The van der Waals surface area contributed by atoms with Crippen molar-refractivity contribution in [3.63, 3.8) is 0 Å². The minimum absolute atomic E-state index is 0.142. The van der Waals surface area contributed by atoms with Crippen molar-refractivity contribution in [2.45, 2.75) is 19.8 Å². The Morgan fingerprint density at radius 2 is 1.48 bits per heavy atom. The van der Waals surface area contributed by atoms with Gasteiger partial charge in [-0.1, -0.05) is 46.4 Å². The third kappa shape index (κ3) is 4.48. The van der Waals surface area contributed by atoms with Gasteiger partial charge in [-0.2, -0.15) is 0 Å². The normalized spacial score (nSPS) is 13.0. The van der Waals surface area contributed by atoms with E-state index in [0.717, 1.165) is 0 Å². The number of halogens is 4. The number of nitrogens with zero attached hydrogens (tertiary/aromatic N) is 1. The van der Waals surface area contributed by atoms with Crippen molar-refractivity contribution in [2.75, 3.05) is 19.7 Å². The third-order valence-electron chi connectivity index (χ3n) is 3.67. The van der Waals surface area contributed by atoms with Crippen molar-refractivity contribution in [1.29, 1.82) is 0 Å². The standard InChI is InChI=1S/C16H14Cl4N2O5/c1-2-27-8(24)4-3-5-21-7(23)6-22-15(25)9-10(16(22)26)12(18)14(20)13(19)11(9)17/h2-6H2,1H3,(H,21,23). The van der Waals surface area contributed by atoms with Crippen molar-refractivity contribution in [3.05, 3.63) is 31.2 Å².